The first-order chi connectivity index (χ1) is 15.1. The largest absolute Gasteiger partial charge is 0.489 e. The van der Waals surface area contributed by atoms with Gasteiger partial charge in [0, 0.05) is 30.9 Å². The molecule has 0 saturated carbocycles. The summed E-state index contributed by atoms with van der Waals surface area (Å²) in [5.74, 6) is 1.29. The molecule has 1 amide bonds. The highest BCUT2D eigenvalue weighted by Gasteiger charge is 2.18. The van der Waals surface area contributed by atoms with E-state index in [0.29, 0.717) is 13.2 Å². The molecule has 1 aliphatic rings. The van der Waals surface area contributed by atoms with E-state index in [1.54, 1.807) is 17.0 Å². The molecule has 1 aromatic carbocycles. The Labute approximate surface area is 180 Å². The average molecular weight is 422 g/mol. The monoisotopic (exact) mass is 421 g/mol. The van der Waals surface area contributed by atoms with Crippen molar-refractivity contribution in [2.24, 2.45) is 0 Å². The summed E-state index contributed by atoms with van der Waals surface area (Å²) in [6, 6.07) is 11.2. The second kappa shape index (κ2) is 9.59. The van der Waals surface area contributed by atoms with Gasteiger partial charge < -0.3 is 10.1 Å². The van der Waals surface area contributed by atoms with Gasteiger partial charge in [0.2, 0.25) is 5.91 Å². The van der Waals surface area contributed by atoms with Crippen LogP contribution in [0, 0.1) is 0 Å². The predicted molar refractivity (Wildman–Crippen MR) is 116 cm³/mol. The normalized spacial score (nSPS) is 14.4. The third kappa shape index (κ3) is 5.20. The van der Waals surface area contributed by atoms with Crippen molar-refractivity contribution in [3.63, 3.8) is 0 Å². The third-order valence-corrected chi connectivity index (χ3v) is 5.46. The topological polar surface area (TPSA) is 91.0 Å². The van der Waals surface area contributed by atoms with Crippen LogP contribution in [0.4, 0.5) is 0 Å². The fraction of sp³-hybridized carbons (Fsp3) is 0.391. The molecule has 0 radical (unpaired) electrons. The maximum atomic E-state index is 12.5. The van der Waals surface area contributed by atoms with Gasteiger partial charge >= 0.3 is 5.69 Å². The molecular weight excluding hydrogens is 394 g/mol. The van der Waals surface area contributed by atoms with Gasteiger partial charge in [0.15, 0.2) is 0 Å². The second-order valence-electron chi connectivity index (χ2n) is 7.83. The number of nitrogens with one attached hydrogen (secondary N) is 1. The summed E-state index contributed by atoms with van der Waals surface area (Å²) < 4.78 is 8.75. The summed E-state index contributed by atoms with van der Waals surface area (Å²) in [6.45, 7) is 2.97. The minimum Gasteiger partial charge on any atom is -0.489 e. The second-order valence-corrected chi connectivity index (χ2v) is 7.83. The first kappa shape index (κ1) is 20.8. The van der Waals surface area contributed by atoms with Gasteiger partial charge in [0.25, 0.3) is 0 Å². The molecular formula is C23H27N5O3. The lowest BCUT2D eigenvalue weighted by molar-refractivity contribution is -0.122. The Kier molecular flexibility index (Phi) is 6.45. The van der Waals surface area contributed by atoms with Crippen LogP contribution in [0.5, 0.6) is 5.75 Å². The van der Waals surface area contributed by atoms with E-state index in [0.717, 1.165) is 48.4 Å². The van der Waals surface area contributed by atoms with E-state index in [1.165, 1.54) is 4.68 Å². The highest BCUT2D eigenvalue weighted by molar-refractivity contribution is 5.76. The molecule has 1 unspecified atom stereocenters. The summed E-state index contributed by atoms with van der Waals surface area (Å²) in [6.07, 6.45) is 7.40. The lowest BCUT2D eigenvalue weighted by Crippen LogP contribution is -2.35. The van der Waals surface area contributed by atoms with Crippen LogP contribution >= 0.6 is 0 Å². The fourth-order valence-electron chi connectivity index (χ4n) is 3.74. The van der Waals surface area contributed by atoms with Crippen LogP contribution in [0.15, 0.2) is 53.6 Å². The summed E-state index contributed by atoms with van der Waals surface area (Å²) in [5, 5.41) is 7.32. The predicted octanol–water partition coefficient (Wildman–Crippen LogP) is 2.62. The number of rotatable bonds is 7. The zero-order chi connectivity index (χ0) is 21.6. The fourth-order valence-corrected chi connectivity index (χ4v) is 3.74. The molecule has 2 aromatic heterocycles. The number of fused-ring (bicyclic) bond motifs is 1. The van der Waals surface area contributed by atoms with E-state index < -0.39 is 0 Å². The minimum absolute atomic E-state index is 0.0739. The number of aryl methyl sites for hydroxylation is 1. The Morgan fingerprint density at radius 2 is 2.03 bits per heavy atom. The molecule has 1 atom stereocenters. The molecule has 31 heavy (non-hydrogen) atoms. The Hall–Kier alpha value is -3.42. The summed E-state index contributed by atoms with van der Waals surface area (Å²) in [4.78, 5) is 29.1. The molecule has 0 aliphatic carbocycles. The molecule has 0 saturated heterocycles. The quantitative estimate of drug-likeness (QED) is 0.633. The van der Waals surface area contributed by atoms with Crippen molar-refractivity contribution in [2.45, 2.75) is 58.3 Å². The Balaban J connectivity index is 1.32. The highest BCUT2D eigenvalue weighted by Crippen LogP contribution is 2.18. The first-order valence-electron chi connectivity index (χ1n) is 10.7. The molecule has 1 N–H and O–H groups in total. The Morgan fingerprint density at radius 3 is 2.81 bits per heavy atom. The lowest BCUT2D eigenvalue weighted by atomic mass is 10.1. The molecule has 4 rings (SSSR count). The standard InChI is InChI=1S/C23H27N5O3/c1-17(19-8-10-20(11-9-19)31-16-18-6-5-12-24-14-18)25-22(29)15-28-23(30)27-13-4-2-3-7-21(27)26-28/h5-6,8-12,14,17H,2-4,7,13,15-16H2,1H3,(H,25,29). The number of hydrogen-bond donors (Lipinski definition) is 1. The van der Waals surface area contributed by atoms with Crippen molar-refractivity contribution < 1.29 is 9.53 Å². The molecule has 1 aliphatic heterocycles. The number of nitrogens with zero attached hydrogens (tertiary/aromatic N) is 4. The average Bonchev–Trinajstić information content (AvgIpc) is 2.94. The summed E-state index contributed by atoms with van der Waals surface area (Å²) in [7, 11) is 0. The van der Waals surface area contributed by atoms with Crippen LogP contribution in [0.3, 0.4) is 0 Å². The van der Waals surface area contributed by atoms with Crippen LogP contribution in [0.1, 0.15) is 49.2 Å². The highest BCUT2D eigenvalue weighted by atomic mass is 16.5. The lowest BCUT2D eigenvalue weighted by Gasteiger charge is -2.15. The molecule has 0 fully saturated rings. The van der Waals surface area contributed by atoms with Crippen LogP contribution in [0.25, 0.3) is 0 Å². The molecule has 0 spiro atoms. The summed E-state index contributed by atoms with van der Waals surface area (Å²) in [5.41, 5.74) is 1.75. The van der Waals surface area contributed by atoms with Gasteiger partial charge in [-0.1, -0.05) is 24.6 Å². The third-order valence-electron chi connectivity index (χ3n) is 5.46. The first-order valence-corrected chi connectivity index (χ1v) is 10.7. The van der Waals surface area contributed by atoms with Crippen LogP contribution < -0.4 is 15.7 Å². The number of ether oxygens (including phenoxy) is 1. The van der Waals surface area contributed by atoms with Crippen molar-refractivity contribution >= 4 is 5.91 Å². The smallest absolute Gasteiger partial charge is 0.346 e. The van der Waals surface area contributed by atoms with E-state index in [2.05, 4.69) is 15.4 Å². The molecule has 3 heterocycles. The van der Waals surface area contributed by atoms with Gasteiger partial charge in [0.1, 0.15) is 24.7 Å². The summed E-state index contributed by atoms with van der Waals surface area (Å²) >= 11 is 0. The van der Waals surface area contributed by atoms with E-state index >= 15 is 0 Å². The SMILES string of the molecule is CC(NC(=O)Cn1nc2n(c1=O)CCCCC2)c1ccc(OCc2cccnc2)cc1. The van der Waals surface area contributed by atoms with Crippen LogP contribution in [-0.2, 0) is 30.9 Å². The van der Waals surface area contributed by atoms with Gasteiger partial charge in [-0.3, -0.25) is 14.3 Å². The molecule has 0 bridgehead atoms. The van der Waals surface area contributed by atoms with E-state index in [1.807, 2.05) is 43.3 Å². The molecule has 3 aromatic rings. The Bertz CT molecular complexity index is 1070. The Morgan fingerprint density at radius 1 is 1.19 bits per heavy atom. The number of benzene rings is 1. The molecule has 8 nitrogen and oxygen atoms in total. The number of hydrogen-bond acceptors (Lipinski definition) is 5. The minimum atomic E-state index is -0.236. The van der Waals surface area contributed by atoms with E-state index in [9.17, 15) is 9.59 Å². The van der Waals surface area contributed by atoms with Gasteiger partial charge in [0.05, 0.1) is 6.04 Å². The number of aromatic nitrogens is 4. The molecule has 8 heteroatoms. The van der Waals surface area contributed by atoms with Crippen LogP contribution in [-0.4, -0.2) is 25.2 Å². The maximum absolute atomic E-state index is 12.5. The van der Waals surface area contributed by atoms with Crippen molar-refractivity contribution in [1.29, 1.82) is 0 Å². The van der Waals surface area contributed by atoms with Gasteiger partial charge in [-0.2, -0.15) is 5.10 Å². The number of carbonyl (C=O) groups is 1. The number of pyridine rings is 1. The maximum Gasteiger partial charge on any atom is 0.346 e. The van der Waals surface area contributed by atoms with Crippen molar-refractivity contribution in [1.82, 2.24) is 24.6 Å². The zero-order valence-electron chi connectivity index (χ0n) is 17.7. The van der Waals surface area contributed by atoms with Gasteiger partial charge in [-0.25, -0.2) is 9.48 Å². The molecule has 162 valence electrons. The van der Waals surface area contributed by atoms with Gasteiger partial charge in [-0.05, 0) is 43.5 Å². The van der Waals surface area contributed by atoms with Crippen molar-refractivity contribution in [3.05, 3.63) is 76.2 Å². The van der Waals surface area contributed by atoms with E-state index in [4.69, 9.17) is 4.74 Å². The number of carbonyl (C=O) groups excluding carboxylic acids is 1. The van der Waals surface area contributed by atoms with Crippen molar-refractivity contribution in [3.8, 4) is 5.75 Å². The zero-order valence-corrected chi connectivity index (χ0v) is 17.7. The van der Waals surface area contributed by atoms with Crippen LogP contribution in [0.2, 0.25) is 0 Å². The van der Waals surface area contributed by atoms with Crippen molar-refractivity contribution in [2.75, 3.05) is 0 Å². The van der Waals surface area contributed by atoms with Gasteiger partial charge in [-0.15, -0.1) is 0 Å². The number of amides is 1. The van der Waals surface area contributed by atoms with E-state index in [-0.39, 0.29) is 24.2 Å².